The SMILES string of the molecule is C=CCCc1ccc(C#Cc2ccc3cc(OC(F)(F)F)ccc3c2)cc1. The average Bonchev–Trinajstić information content (AvgIpc) is 2.64. The summed E-state index contributed by atoms with van der Waals surface area (Å²) in [5.74, 6) is 5.97. The van der Waals surface area contributed by atoms with Crippen molar-refractivity contribution in [2.24, 2.45) is 0 Å². The van der Waals surface area contributed by atoms with Crippen molar-refractivity contribution in [1.29, 1.82) is 0 Å². The highest BCUT2D eigenvalue weighted by Crippen LogP contribution is 2.27. The molecule has 0 heterocycles. The van der Waals surface area contributed by atoms with E-state index in [1.54, 1.807) is 18.2 Å². The Morgan fingerprint density at radius 3 is 2.19 bits per heavy atom. The second kappa shape index (κ2) is 8.01. The third kappa shape index (κ3) is 5.39. The molecule has 3 aromatic carbocycles. The summed E-state index contributed by atoms with van der Waals surface area (Å²) in [6.45, 7) is 3.72. The first-order chi connectivity index (χ1) is 12.9. The van der Waals surface area contributed by atoms with E-state index >= 15 is 0 Å². The predicted molar refractivity (Wildman–Crippen MR) is 102 cm³/mol. The molecule has 0 saturated carbocycles. The molecule has 4 heteroatoms. The van der Waals surface area contributed by atoms with Gasteiger partial charge in [-0.1, -0.05) is 42.2 Å². The van der Waals surface area contributed by atoms with Gasteiger partial charge in [0.25, 0.3) is 0 Å². The van der Waals surface area contributed by atoms with Crippen LogP contribution in [0, 0.1) is 11.8 Å². The van der Waals surface area contributed by atoms with Crippen LogP contribution in [0.15, 0.2) is 73.3 Å². The highest BCUT2D eigenvalue weighted by atomic mass is 19.4. The minimum Gasteiger partial charge on any atom is -0.406 e. The molecule has 0 fully saturated rings. The number of halogens is 3. The van der Waals surface area contributed by atoms with Gasteiger partial charge in [0.1, 0.15) is 5.75 Å². The zero-order valence-corrected chi connectivity index (χ0v) is 14.5. The molecule has 0 aliphatic heterocycles. The first-order valence-corrected chi connectivity index (χ1v) is 8.44. The van der Waals surface area contributed by atoms with E-state index in [4.69, 9.17) is 0 Å². The fraction of sp³-hybridized carbons (Fsp3) is 0.130. The number of ether oxygens (including phenoxy) is 1. The number of allylic oxidation sites excluding steroid dienone is 1. The van der Waals surface area contributed by atoms with Gasteiger partial charge >= 0.3 is 6.36 Å². The van der Waals surface area contributed by atoms with Gasteiger partial charge in [0.05, 0.1) is 0 Å². The minimum absolute atomic E-state index is 0.231. The van der Waals surface area contributed by atoms with Gasteiger partial charge in [0.15, 0.2) is 0 Å². The van der Waals surface area contributed by atoms with E-state index in [9.17, 15) is 13.2 Å². The van der Waals surface area contributed by atoms with Gasteiger partial charge < -0.3 is 4.74 Å². The van der Waals surface area contributed by atoms with Crippen molar-refractivity contribution >= 4 is 10.8 Å². The normalized spacial score (nSPS) is 10.9. The molecule has 0 unspecified atom stereocenters. The van der Waals surface area contributed by atoms with Crippen molar-refractivity contribution in [2.75, 3.05) is 0 Å². The molecule has 0 spiro atoms. The van der Waals surface area contributed by atoms with Gasteiger partial charge in [-0.15, -0.1) is 19.8 Å². The lowest BCUT2D eigenvalue weighted by molar-refractivity contribution is -0.274. The maximum atomic E-state index is 12.3. The fourth-order valence-corrected chi connectivity index (χ4v) is 2.67. The van der Waals surface area contributed by atoms with Gasteiger partial charge in [0.2, 0.25) is 0 Å². The van der Waals surface area contributed by atoms with Crippen LogP contribution in [0.4, 0.5) is 13.2 Å². The topological polar surface area (TPSA) is 9.23 Å². The van der Waals surface area contributed by atoms with Crippen molar-refractivity contribution in [3.05, 3.63) is 90.0 Å². The molecule has 136 valence electrons. The Kier molecular flexibility index (Phi) is 5.52. The zero-order chi connectivity index (χ0) is 19.3. The lowest BCUT2D eigenvalue weighted by Crippen LogP contribution is -2.16. The Morgan fingerprint density at radius 1 is 0.852 bits per heavy atom. The molecule has 0 N–H and O–H groups in total. The van der Waals surface area contributed by atoms with Crippen molar-refractivity contribution in [1.82, 2.24) is 0 Å². The minimum atomic E-state index is -4.69. The quantitative estimate of drug-likeness (QED) is 0.391. The molecule has 27 heavy (non-hydrogen) atoms. The van der Waals surface area contributed by atoms with Crippen LogP contribution in [0.3, 0.4) is 0 Å². The first-order valence-electron chi connectivity index (χ1n) is 8.44. The van der Waals surface area contributed by atoms with Crippen molar-refractivity contribution in [2.45, 2.75) is 19.2 Å². The van der Waals surface area contributed by atoms with Crippen LogP contribution in [0.5, 0.6) is 5.75 Å². The molecule has 3 rings (SSSR count). The van der Waals surface area contributed by atoms with Crippen LogP contribution in [-0.4, -0.2) is 6.36 Å². The van der Waals surface area contributed by atoms with Crippen molar-refractivity contribution in [3.63, 3.8) is 0 Å². The molecule has 3 aromatic rings. The van der Waals surface area contributed by atoms with E-state index < -0.39 is 6.36 Å². The Bertz CT molecular complexity index is 1010. The van der Waals surface area contributed by atoms with Gasteiger partial charge in [-0.3, -0.25) is 0 Å². The van der Waals surface area contributed by atoms with Crippen LogP contribution in [0.1, 0.15) is 23.1 Å². The van der Waals surface area contributed by atoms with Crippen molar-refractivity contribution in [3.8, 4) is 17.6 Å². The van der Waals surface area contributed by atoms with E-state index in [1.165, 1.54) is 17.7 Å². The van der Waals surface area contributed by atoms with E-state index in [0.29, 0.717) is 5.39 Å². The van der Waals surface area contributed by atoms with Crippen LogP contribution in [0.2, 0.25) is 0 Å². The van der Waals surface area contributed by atoms with E-state index in [0.717, 1.165) is 29.4 Å². The summed E-state index contributed by atoms with van der Waals surface area (Å²) >= 11 is 0. The molecule has 1 nitrogen and oxygen atoms in total. The van der Waals surface area contributed by atoms with Crippen LogP contribution in [-0.2, 0) is 6.42 Å². The number of hydrogen-bond acceptors (Lipinski definition) is 1. The predicted octanol–water partition coefficient (Wildman–Crippen LogP) is 6.26. The van der Waals surface area contributed by atoms with Crippen LogP contribution in [0.25, 0.3) is 10.8 Å². The van der Waals surface area contributed by atoms with Gasteiger partial charge in [-0.2, -0.15) is 0 Å². The van der Waals surface area contributed by atoms with Crippen molar-refractivity contribution < 1.29 is 17.9 Å². The lowest BCUT2D eigenvalue weighted by atomic mass is 10.1. The maximum Gasteiger partial charge on any atom is 0.573 e. The number of benzene rings is 3. The number of rotatable bonds is 4. The first kappa shape index (κ1) is 18.6. The molecule has 0 bridgehead atoms. The lowest BCUT2D eigenvalue weighted by Gasteiger charge is -2.09. The van der Waals surface area contributed by atoms with E-state index in [1.807, 2.05) is 24.3 Å². The molecule has 0 aliphatic rings. The molecule has 0 atom stereocenters. The van der Waals surface area contributed by atoms with E-state index in [2.05, 4.69) is 35.3 Å². The molecule has 0 aromatic heterocycles. The second-order valence-electron chi connectivity index (χ2n) is 6.05. The molecule has 0 saturated heterocycles. The van der Waals surface area contributed by atoms with Gasteiger partial charge in [0, 0.05) is 11.1 Å². The fourth-order valence-electron chi connectivity index (χ4n) is 2.67. The molecular formula is C23H17F3O. The Morgan fingerprint density at radius 2 is 1.48 bits per heavy atom. The summed E-state index contributed by atoms with van der Waals surface area (Å²) in [5, 5.41) is 1.46. The molecule has 0 radical (unpaired) electrons. The summed E-state index contributed by atoms with van der Waals surface area (Å²) in [6, 6.07) is 17.7. The van der Waals surface area contributed by atoms with Gasteiger partial charge in [-0.05, 0) is 65.6 Å². The van der Waals surface area contributed by atoms with E-state index in [-0.39, 0.29) is 5.75 Å². The third-order valence-corrected chi connectivity index (χ3v) is 3.99. The van der Waals surface area contributed by atoms with Gasteiger partial charge in [-0.25, -0.2) is 0 Å². The summed E-state index contributed by atoms with van der Waals surface area (Å²) in [4.78, 5) is 0. The monoisotopic (exact) mass is 366 g/mol. The Labute approximate surface area is 156 Å². The molecule has 0 aliphatic carbocycles. The smallest absolute Gasteiger partial charge is 0.406 e. The zero-order valence-electron chi connectivity index (χ0n) is 14.5. The Hall–Kier alpha value is -3.19. The highest BCUT2D eigenvalue weighted by Gasteiger charge is 2.31. The second-order valence-corrected chi connectivity index (χ2v) is 6.05. The third-order valence-electron chi connectivity index (χ3n) is 3.99. The maximum absolute atomic E-state index is 12.3. The summed E-state index contributed by atoms with van der Waals surface area (Å²) < 4.78 is 40.9. The molecular weight excluding hydrogens is 349 g/mol. The summed E-state index contributed by atoms with van der Waals surface area (Å²) in [5.41, 5.74) is 2.94. The van der Waals surface area contributed by atoms with Crippen LogP contribution >= 0.6 is 0 Å². The standard InChI is InChI=1S/C23H17F3O/c1-2-3-4-17-5-7-18(8-6-17)9-10-19-11-12-21-16-22(27-23(24,25)26)14-13-20(21)15-19/h2,5-8,11-16H,1,3-4H2. The largest absolute Gasteiger partial charge is 0.573 e. The molecule has 0 amide bonds. The summed E-state index contributed by atoms with van der Waals surface area (Å²) in [7, 11) is 0. The average molecular weight is 366 g/mol. The number of alkyl halides is 3. The number of fused-ring (bicyclic) bond motifs is 1. The number of hydrogen-bond donors (Lipinski definition) is 0. The Balaban J connectivity index is 1.77. The number of aryl methyl sites for hydroxylation is 1. The summed E-state index contributed by atoms with van der Waals surface area (Å²) in [6.07, 6.45) is -0.897. The highest BCUT2D eigenvalue weighted by molar-refractivity contribution is 5.85. The van der Waals surface area contributed by atoms with Crippen LogP contribution < -0.4 is 4.74 Å².